The molecule has 0 spiro atoms. The van der Waals surface area contributed by atoms with Crippen LogP contribution in [0.25, 0.3) is 11.0 Å². The molecule has 5 nitrogen and oxygen atoms in total. The number of hydrogen-bond donors (Lipinski definition) is 0. The minimum atomic E-state index is -4.56. The molecule has 1 aliphatic heterocycles. The Morgan fingerprint density at radius 3 is 2.62 bits per heavy atom. The Bertz CT molecular complexity index is 808. The predicted octanol–water partition coefficient (Wildman–Crippen LogP) is 4.45. The maximum absolute atomic E-state index is 13.5. The monoisotopic (exact) mass is 369 g/mol. The van der Waals surface area contributed by atoms with Crippen LogP contribution in [-0.4, -0.2) is 38.7 Å². The van der Waals surface area contributed by atoms with Crippen molar-refractivity contribution in [2.75, 3.05) is 6.54 Å². The van der Waals surface area contributed by atoms with Gasteiger partial charge in [0.15, 0.2) is 0 Å². The average Bonchev–Trinajstić information content (AvgIpc) is 3.11. The molecule has 1 saturated heterocycles. The van der Waals surface area contributed by atoms with Crippen molar-refractivity contribution in [1.82, 2.24) is 14.5 Å². The zero-order chi connectivity index (χ0) is 19.1. The summed E-state index contributed by atoms with van der Waals surface area (Å²) in [5.74, 6) is -0.935. The number of rotatable bonds is 2. The number of carbonyl (C=O) groups excluding carboxylic acids is 1. The van der Waals surface area contributed by atoms with E-state index in [1.165, 1.54) is 9.47 Å². The number of fused-ring (bicyclic) bond motifs is 1. The molecule has 3 rings (SSSR count). The average molecular weight is 369 g/mol. The van der Waals surface area contributed by atoms with Crippen LogP contribution in [0.4, 0.5) is 18.0 Å². The number of imidazole rings is 1. The van der Waals surface area contributed by atoms with E-state index in [-0.39, 0.29) is 12.6 Å². The van der Waals surface area contributed by atoms with E-state index in [1.54, 1.807) is 45.0 Å². The first-order valence-corrected chi connectivity index (χ1v) is 8.58. The molecular weight excluding hydrogens is 347 g/mol. The standard InChI is InChI=1S/C18H22F3N3O2/c1-17(2,3)26-16(25)23-10-6-7-12(23)11-24-14-9-5-4-8-13(14)22-15(24)18(19,20)21/h4-5,8-9,12H,6-7,10-11H2,1-3H3/t12-/m0/s1. The number of alkyl halides is 3. The summed E-state index contributed by atoms with van der Waals surface area (Å²) in [6.07, 6.45) is -3.69. The smallest absolute Gasteiger partial charge is 0.444 e. The van der Waals surface area contributed by atoms with Crippen molar-refractivity contribution in [2.45, 2.75) is 58.0 Å². The molecule has 0 bridgehead atoms. The van der Waals surface area contributed by atoms with Crippen LogP contribution in [0, 0.1) is 0 Å². The second-order valence-corrected chi connectivity index (χ2v) is 7.50. The van der Waals surface area contributed by atoms with Crippen molar-refractivity contribution >= 4 is 17.1 Å². The Morgan fingerprint density at radius 2 is 1.96 bits per heavy atom. The van der Waals surface area contributed by atoms with Crippen LogP contribution >= 0.6 is 0 Å². The molecular formula is C18H22F3N3O2. The van der Waals surface area contributed by atoms with Gasteiger partial charge in [0, 0.05) is 13.1 Å². The molecule has 1 fully saturated rings. The van der Waals surface area contributed by atoms with Crippen LogP contribution in [-0.2, 0) is 17.5 Å². The maximum Gasteiger partial charge on any atom is 0.449 e. The molecule has 0 radical (unpaired) electrons. The van der Waals surface area contributed by atoms with Crippen LogP contribution in [0.2, 0.25) is 0 Å². The lowest BCUT2D eigenvalue weighted by Gasteiger charge is -2.29. The molecule has 1 aromatic carbocycles. The van der Waals surface area contributed by atoms with Gasteiger partial charge >= 0.3 is 12.3 Å². The number of para-hydroxylation sites is 2. The van der Waals surface area contributed by atoms with Crippen molar-refractivity contribution in [1.29, 1.82) is 0 Å². The summed E-state index contributed by atoms with van der Waals surface area (Å²) in [6.45, 7) is 5.81. The summed E-state index contributed by atoms with van der Waals surface area (Å²) in [6, 6.07) is 6.15. The summed E-state index contributed by atoms with van der Waals surface area (Å²) in [5, 5.41) is 0. The highest BCUT2D eigenvalue weighted by molar-refractivity contribution is 5.76. The van der Waals surface area contributed by atoms with Gasteiger partial charge in [-0.05, 0) is 45.7 Å². The van der Waals surface area contributed by atoms with Gasteiger partial charge < -0.3 is 14.2 Å². The highest BCUT2D eigenvalue weighted by Gasteiger charge is 2.39. The van der Waals surface area contributed by atoms with E-state index < -0.39 is 23.7 Å². The maximum atomic E-state index is 13.5. The van der Waals surface area contributed by atoms with Gasteiger partial charge in [0.25, 0.3) is 0 Å². The van der Waals surface area contributed by atoms with Crippen molar-refractivity contribution in [3.05, 3.63) is 30.1 Å². The molecule has 8 heteroatoms. The molecule has 1 amide bonds. The Labute approximate surface area is 149 Å². The van der Waals surface area contributed by atoms with Gasteiger partial charge in [0.1, 0.15) is 5.60 Å². The SMILES string of the molecule is CC(C)(C)OC(=O)N1CCC[C@H]1Cn1c(C(F)(F)F)nc2ccccc21. The third-order valence-electron chi connectivity index (χ3n) is 4.31. The molecule has 0 aliphatic carbocycles. The molecule has 2 aromatic rings. The summed E-state index contributed by atoms with van der Waals surface area (Å²) >= 11 is 0. The number of aromatic nitrogens is 2. The number of halogens is 3. The fraction of sp³-hybridized carbons (Fsp3) is 0.556. The minimum Gasteiger partial charge on any atom is -0.444 e. The lowest BCUT2D eigenvalue weighted by Crippen LogP contribution is -2.41. The predicted molar refractivity (Wildman–Crippen MR) is 90.7 cm³/mol. The van der Waals surface area contributed by atoms with E-state index in [0.717, 1.165) is 6.42 Å². The minimum absolute atomic E-state index is 0.0363. The molecule has 2 heterocycles. The second kappa shape index (κ2) is 6.48. The quantitative estimate of drug-likeness (QED) is 0.786. The largest absolute Gasteiger partial charge is 0.449 e. The van der Waals surface area contributed by atoms with Crippen LogP contribution in [0.3, 0.4) is 0 Å². The molecule has 1 aliphatic rings. The van der Waals surface area contributed by atoms with Crippen molar-refractivity contribution < 1.29 is 22.7 Å². The number of nitrogens with zero attached hydrogens (tertiary/aromatic N) is 3. The van der Waals surface area contributed by atoms with E-state index >= 15 is 0 Å². The molecule has 1 atom stereocenters. The van der Waals surface area contributed by atoms with Gasteiger partial charge in [-0.3, -0.25) is 0 Å². The molecule has 142 valence electrons. The van der Waals surface area contributed by atoms with Gasteiger partial charge in [0.2, 0.25) is 5.82 Å². The second-order valence-electron chi connectivity index (χ2n) is 7.50. The van der Waals surface area contributed by atoms with Gasteiger partial charge in [-0.25, -0.2) is 9.78 Å². The fourth-order valence-corrected chi connectivity index (χ4v) is 3.27. The summed E-state index contributed by atoms with van der Waals surface area (Å²) in [4.78, 5) is 17.7. The highest BCUT2D eigenvalue weighted by Crippen LogP contribution is 2.33. The van der Waals surface area contributed by atoms with Gasteiger partial charge in [-0.2, -0.15) is 13.2 Å². The van der Waals surface area contributed by atoms with Gasteiger partial charge in [0.05, 0.1) is 17.1 Å². The lowest BCUT2D eigenvalue weighted by atomic mass is 10.2. The van der Waals surface area contributed by atoms with E-state index in [2.05, 4.69) is 4.98 Å². The zero-order valence-electron chi connectivity index (χ0n) is 15.0. The van der Waals surface area contributed by atoms with E-state index in [9.17, 15) is 18.0 Å². The molecule has 0 N–H and O–H groups in total. The molecule has 0 saturated carbocycles. The summed E-state index contributed by atoms with van der Waals surface area (Å²) < 4.78 is 46.9. The van der Waals surface area contributed by atoms with Crippen molar-refractivity contribution in [3.63, 3.8) is 0 Å². The number of ether oxygens (including phenoxy) is 1. The zero-order valence-corrected chi connectivity index (χ0v) is 15.0. The number of amides is 1. The van der Waals surface area contributed by atoms with Crippen LogP contribution in [0.15, 0.2) is 24.3 Å². The van der Waals surface area contributed by atoms with Crippen LogP contribution in [0.1, 0.15) is 39.4 Å². The molecule has 0 unspecified atom stereocenters. The summed E-state index contributed by atoms with van der Waals surface area (Å²) in [5.41, 5.74) is 0.0563. The lowest BCUT2D eigenvalue weighted by molar-refractivity contribution is -0.147. The first kappa shape index (κ1) is 18.5. The van der Waals surface area contributed by atoms with E-state index in [4.69, 9.17) is 4.74 Å². The van der Waals surface area contributed by atoms with Crippen LogP contribution in [0.5, 0.6) is 0 Å². The number of likely N-dealkylation sites (tertiary alicyclic amines) is 1. The highest BCUT2D eigenvalue weighted by atomic mass is 19.4. The van der Waals surface area contributed by atoms with Crippen LogP contribution < -0.4 is 0 Å². The van der Waals surface area contributed by atoms with E-state index in [0.29, 0.717) is 24.0 Å². The first-order chi connectivity index (χ1) is 12.1. The molecule has 26 heavy (non-hydrogen) atoms. The Hall–Kier alpha value is -2.25. The van der Waals surface area contributed by atoms with Gasteiger partial charge in [-0.15, -0.1) is 0 Å². The number of carbonyl (C=O) groups is 1. The number of benzene rings is 1. The first-order valence-electron chi connectivity index (χ1n) is 8.58. The Morgan fingerprint density at radius 1 is 1.27 bits per heavy atom. The Kier molecular flexibility index (Phi) is 4.62. The fourth-order valence-electron chi connectivity index (χ4n) is 3.27. The third kappa shape index (κ3) is 3.78. The van der Waals surface area contributed by atoms with Crippen molar-refractivity contribution in [2.24, 2.45) is 0 Å². The normalized spacial score (nSPS) is 18.5. The van der Waals surface area contributed by atoms with Gasteiger partial charge in [-0.1, -0.05) is 12.1 Å². The van der Waals surface area contributed by atoms with E-state index in [1.807, 2.05) is 0 Å². The molecule has 1 aromatic heterocycles. The topological polar surface area (TPSA) is 47.4 Å². The summed E-state index contributed by atoms with van der Waals surface area (Å²) in [7, 11) is 0. The third-order valence-corrected chi connectivity index (χ3v) is 4.31. The number of hydrogen-bond acceptors (Lipinski definition) is 3. The Balaban J connectivity index is 1.91. The van der Waals surface area contributed by atoms with Crippen molar-refractivity contribution in [3.8, 4) is 0 Å².